The summed E-state index contributed by atoms with van der Waals surface area (Å²) < 4.78 is 12.4. The molecule has 0 bridgehead atoms. The minimum atomic E-state index is -0.0597. The largest absolute Gasteiger partial charge is 0.475 e. The van der Waals surface area contributed by atoms with Gasteiger partial charge in [0, 0.05) is 5.94 Å². The third-order valence-corrected chi connectivity index (χ3v) is 4.18. The molecule has 3 nitrogen and oxygen atoms in total. The number of hydrogen-bond donors (Lipinski definition) is 1. The molecule has 3 atom stereocenters. The van der Waals surface area contributed by atoms with Crippen molar-refractivity contribution in [3.05, 3.63) is 0 Å². The van der Waals surface area contributed by atoms with Crippen molar-refractivity contribution in [2.75, 3.05) is 7.05 Å². The van der Waals surface area contributed by atoms with Gasteiger partial charge in [0.1, 0.15) is 0 Å². The van der Waals surface area contributed by atoms with E-state index < -0.39 is 0 Å². The van der Waals surface area contributed by atoms with E-state index >= 15 is 0 Å². The maximum atomic E-state index is 6.22. The van der Waals surface area contributed by atoms with Crippen LogP contribution < -0.4 is 5.32 Å². The molecule has 0 aromatic carbocycles. The van der Waals surface area contributed by atoms with E-state index in [9.17, 15) is 0 Å². The van der Waals surface area contributed by atoms with E-state index in [1.165, 1.54) is 12.8 Å². The minimum absolute atomic E-state index is 0.0327. The molecule has 2 rings (SSSR count). The monoisotopic (exact) mass is 239 g/mol. The molecule has 2 unspecified atom stereocenters. The average Bonchev–Trinajstić information content (AvgIpc) is 2.62. The fraction of sp³-hybridized carbons (Fsp3) is 1.00. The van der Waals surface area contributed by atoms with Crippen LogP contribution in [0.3, 0.4) is 0 Å². The molecule has 0 aromatic rings. The van der Waals surface area contributed by atoms with Crippen LogP contribution in [0.15, 0.2) is 0 Å². The van der Waals surface area contributed by atoms with E-state index in [-0.39, 0.29) is 12.7 Å². The molecule has 0 spiro atoms. The van der Waals surface area contributed by atoms with Crippen molar-refractivity contribution < 1.29 is 9.31 Å². The standard InChI is InChI=1S/C13H26BNO2/c1-10(2)9-12(15-4)14-16-11-7-5-6-8-13(11,3)17-14/h10-12,15H,5-9H2,1-4H3/t11?,12?,13-/m0/s1. The van der Waals surface area contributed by atoms with Crippen LogP contribution in [0.25, 0.3) is 0 Å². The zero-order valence-electron chi connectivity index (χ0n) is 11.7. The van der Waals surface area contributed by atoms with E-state index in [0.717, 1.165) is 19.3 Å². The molecule has 98 valence electrons. The molecule has 1 aliphatic carbocycles. The summed E-state index contributed by atoms with van der Waals surface area (Å²) in [6.07, 6.45) is 6.27. The predicted molar refractivity (Wildman–Crippen MR) is 70.9 cm³/mol. The predicted octanol–water partition coefficient (Wildman–Crippen LogP) is 2.40. The van der Waals surface area contributed by atoms with Gasteiger partial charge < -0.3 is 14.6 Å². The fourth-order valence-electron chi connectivity index (χ4n) is 3.12. The first-order valence-corrected chi connectivity index (χ1v) is 7.05. The maximum Gasteiger partial charge on any atom is 0.475 e. The highest BCUT2D eigenvalue weighted by Crippen LogP contribution is 2.40. The maximum absolute atomic E-state index is 6.22. The quantitative estimate of drug-likeness (QED) is 0.764. The highest BCUT2D eigenvalue weighted by molar-refractivity contribution is 6.47. The summed E-state index contributed by atoms with van der Waals surface area (Å²) in [4.78, 5) is 0. The molecule has 2 fully saturated rings. The smallest absolute Gasteiger partial charge is 0.404 e. The Bertz CT molecular complexity index is 262. The van der Waals surface area contributed by atoms with Gasteiger partial charge in [0.15, 0.2) is 0 Å². The Labute approximate surface area is 106 Å². The molecule has 0 aromatic heterocycles. The van der Waals surface area contributed by atoms with Gasteiger partial charge in [-0.1, -0.05) is 26.7 Å². The Kier molecular flexibility index (Phi) is 4.16. The first-order chi connectivity index (χ1) is 8.05. The lowest BCUT2D eigenvalue weighted by atomic mass is 9.74. The van der Waals surface area contributed by atoms with Gasteiger partial charge in [-0.2, -0.15) is 0 Å². The summed E-state index contributed by atoms with van der Waals surface area (Å²) in [6, 6.07) is 0. The molecule has 0 radical (unpaired) electrons. The molecule has 4 heteroatoms. The lowest BCUT2D eigenvalue weighted by Gasteiger charge is -2.34. The van der Waals surface area contributed by atoms with Crippen LogP contribution >= 0.6 is 0 Å². The van der Waals surface area contributed by atoms with Crippen LogP contribution in [-0.2, 0) is 9.31 Å². The second kappa shape index (κ2) is 5.29. The summed E-state index contributed by atoms with van der Waals surface area (Å²) in [7, 11) is 1.94. The molecule has 1 heterocycles. The Hall–Kier alpha value is -0.0551. The third-order valence-electron chi connectivity index (χ3n) is 4.18. The first kappa shape index (κ1) is 13.4. The molecule has 1 N–H and O–H groups in total. The molecule has 2 aliphatic rings. The molecular formula is C13H26BNO2. The lowest BCUT2D eigenvalue weighted by Crippen LogP contribution is -2.45. The van der Waals surface area contributed by atoms with E-state index in [1.807, 2.05) is 7.05 Å². The molecule has 1 saturated carbocycles. The Morgan fingerprint density at radius 1 is 1.41 bits per heavy atom. The van der Waals surface area contributed by atoms with Crippen molar-refractivity contribution in [1.82, 2.24) is 5.32 Å². The summed E-state index contributed by atoms with van der Waals surface area (Å²) in [5.41, 5.74) is -0.0327. The Morgan fingerprint density at radius 3 is 2.76 bits per heavy atom. The Balaban J connectivity index is 1.99. The van der Waals surface area contributed by atoms with Gasteiger partial charge in [-0.15, -0.1) is 0 Å². The molecule has 1 aliphatic heterocycles. The van der Waals surface area contributed by atoms with Crippen molar-refractivity contribution in [1.29, 1.82) is 0 Å². The van der Waals surface area contributed by atoms with Gasteiger partial charge in [-0.05, 0) is 39.2 Å². The van der Waals surface area contributed by atoms with Crippen LogP contribution in [-0.4, -0.2) is 31.8 Å². The lowest BCUT2D eigenvalue weighted by molar-refractivity contribution is 0.0179. The second-order valence-electron chi connectivity index (χ2n) is 6.19. The highest BCUT2D eigenvalue weighted by atomic mass is 16.7. The van der Waals surface area contributed by atoms with Gasteiger partial charge >= 0.3 is 7.12 Å². The number of hydrogen-bond acceptors (Lipinski definition) is 3. The SMILES string of the molecule is CNC(CC(C)C)B1OC2CCCC[C@]2(C)O1. The van der Waals surface area contributed by atoms with Crippen LogP contribution in [0.4, 0.5) is 0 Å². The minimum Gasteiger partial charge on any atom is -0.404 e. The second-order valence-corrected chi connectivity index (χ2v) is 6.19. The zero-order valence-corrected chi connectivity index (χ0v) is 11.7. The molecule has 1 saturated heterocycles. The van der Waals surface area contributed by atoms with Crippen molar-refractivity contribution in [3.63, 3.8) is 0 Å². The summed E-state index contributed by atoms with van der Waals surface area (Å²) in [6.45, 7) is 6.71. The fourth-order valence-corrected chi connectivity index (χ4v) is 3.12. The van der Waals surface area contributed by atoms with Gasteiger partial charge in [-0.3, -0.25) is 0 Å². The van der Waals surface area contributed by atoms with Crippen molar-refractivity contribution in [2.45, 2.75) is 70.5 Å². The van der Waals surface area contributed by atoms with E-state index in [0.29, 0.717) is 18.0 Å². The topological polar surface area (TPSA) is 30.5 Å². The number of nitrogens with one attached hydrogen (secondary N) is 1. The van der Waals surface area contributed by atoms with Gasteiger partial charge in [0.05, 0.1) is 11.7 Å². The van der Waals surface area contributed by atoms with Gasteiger partial charge in [0.25, 0.3) is 0 Å². The van der Waals surface area contributed by atoms with Crippen LogP contribution in [0, 0.1) is 5.92 Å². The highest BCUT2D eigenvalue weighted by Gasteiger charge is 2.51. The van der Waals surface area contributed by atoms with Crippen molar-refractivity contribution >= 4 is 7.12 Å². The van der Waals surface area contributed by atoms with Crippen LogP contribution in [0.5, 0.6) is 0 Å². The first-order valence-electron chi connectivity index (χ1n) is 7.05. The number of fused-ring (bicyclic) bond motifs is 1. The van der Waals surface area contributed by atoms with Crippen molar-refractivity contribution in [3.8, 4) is 0 Å². The summed E-state index contributed by atoms with van der Waals surface area (Å²) in [5.74, 6) is 0.979. The van der Waals surface area contributed by atoms with E-state index in [1.54, 1.807) is 0 Å². The van der Waals surface area contributed by atoms with Gasteiger partial charge in [0.2, 0.25) is 0 Å². The van der Waals surface area contributed by atoms with Crippen LogP contribution in [0.1, 0.15) is 52.9 Å². The Morgan fingerprint density at radius 2 is 2.18 bits per heavy atom. The van der Waals surface area contributed by atoms with Crippen molar-refractivity contribution in [2.24, 2.45) is 5.92 Å². The van der Waals surface area contributed by atoms with E-state index in [2.05, 4.69) is 26.1 Å². The number of rotatable bonds is 4. The van der Waals surface area contributed by atoms with Gasteiger partial charge in [-0.25, -0.2) is 0 Å². The molecular weight excluding hydrogens is 213 g/mol. The zero-order chi connectivity index (χ0) is 12.5. The van der Waals surface area contributed by atoms with Crippen LogP contribution in [0.2, 0.25) is 0 Å². The average molecular weight is 239 g/mol. The summed E-state index contributed by atoms with van der Waals surface area (Å²) in [5, 5.41) is 3.35. The normalized spacial score (nSPS) is 35.1. The molecule has 17 heavy (non-hydrogen) atoms. The van der Waals surface area contributed by atoms with E-state index in [4.69, 9.17) is 9.31 Å². The summed E-state index contributed by atoms with van der Waals surface area (Å²) >= 11 is 0. The molecule has 0 amide bonds. The third kappa shape index (κ3) is 2.86.